The molecule has 0 bridgehead atoms. The van der Waals surface area contributed by atoms with E-state index < -0.39 is 0 Å². The molecule has 1 heterocycles. The highest BCUT2D eigenvalue weighted by atomic mass is 32.2. The zero-order valence-corrected chi connectivity index (χ0v) is 9.12. The third-order valence-electron chi connectivity index (χ3n) is 2.05. The van der Waals surface area contributed by atoms with Gasteiger partial charge in [0.25, 0.3) is 0 Å². The van der Waals surface area contributed by atoms with Crippen LogP contribution < -0.4 is 10.6 Å². The SMILES string of the molecule is CC(C)CCNC(=O)C1CSCN1. The molecule has 1 aliphatic heterocycles. The van der Waals surface area contributed by atoms with E-state index in [0.29, 0.717) is 5.92 Å². The van der Waals surface area contributed by atoms with Crippen LogP contribution >= 0.6 is 11.8 Å². The molecule has 2 N–H and O–H groups in total. The fraction of sp³-hybridized carbons (Fsp3) is 0.889. The molecule has 76 valence electrons. The Balaban J connectivity index is 2.10. The van der Waals surface area contributed by atoms with E-state index in [-0.39, 0.29) is 11.9 Å². The van der Waals surface area contributed by atoms with Crippen LogP contribution in [0.2, 0.25) is 0 Å². The molecule has 0 spiro atoms. The minimum atomic E-state index is 0.0390. The van der Waals surface area contributed by atoms with E-state index in [2.05, 4.69) is 24.5 Å². The first-order valence-corrected chi connectivity index (χ1v) is 5.94. The predicted octanol–water partition coefficient (Wildman–Crippen LogP) is 0.811. The number of hydrogen-bond acceptors (Lipinski definition) is 3. The summed E-state index contributed by atoms with van der Waals surface area (Å²) in [7, 11) is 0. The first-order chi connectivity index (χ1) is 6.20. The lowest BCUT2D eigenvalue weighted by Gasteiger charge is -2.11. The first-order valence-electron chi connectivity index (χ1n) is 4.79. The number of carbonyl (C=O) groups is 1. The summed E-state index contributed by atoms with van der Waals surface area (Å²) in [5, 5.41) is 6.09. The minimum absolute atomic E-state index is 0.0390. The standard InChI is InChI=1S/C9H18N2OS/c1-7(2)3-4-10-9(12)8-5-13-6-11-8/h7-8,11H,3-6H2,1-2H3,(H,10,12). The van der Waals surface area contributed by atoms with Gasteiger partial charge in [-0.2, -0.15) is 0 Å². The molecular weight excluding hydrogens is 184 g/mol. The molecule has 1 unspecified atom stereocenters. The maximum atomic E-state index is 11.4. The van der Waals surface area contributed by atoms with E-state index in [0.717, 1.165) is 24.6 Å². The summed E-state index contributed by atoms with van der Waals surface area (Å²) in [5.74, 6) is 2.63. The molecule has 0 aromatic carbocycles. The van der Waals surface area contributed by atoms with Crippen LogP contribution in [0.5, 0.6) is 0 Å². The van der Waals surface area contributed by atoms with Gasteiger partial charge in [-0.05, 0) is 12.3 Å². The van der Waals surface area contributed by atoms with Crippen LogP contribution in [0, 0.1) is 5.92 Å². The lowest BCUT2D eigenvalue weighted by atomic mass is 10.1. The highest BCUT2D eigenvalue weighted by molar-refractivity contribution is 7.99. The zero-order valence-electron chi connectivity index (χ0n) is 8.30. The van der Waals surface area contributed by atoms with Crippen molar-refractivity contribution in [2.24, 2.45) is 5.92 Å². The van der Waals surface area contributed by atoms with Gasteiger partial charge in [-0.3, -0.25) is 10.1 Å². The van der Waals surface area contributed by atoms with Gasteiger partial charge in [0.1, 0.15) is 0 Å². The average Bonchev–Trinajstić information content (AvgIpc) is 2.55. The Bertz CT molecular complexity index is 167. The number of hydrogen-bond donors (Lipinski definition) is 2. The van der Waals surface area contributed by atoms with E-state index in [1.807, 2.05) is 0 Å². The zero-order chi connectivity index (χ0) is 9.68. The van der Waals surface area contributed by atoms with Crippen LogP contribution in [-0.2, 0) is 4.79 Å². The van der Waals surface area contributed by atoms with Crippen molar-refractivity contribution in [3.63, 3.8) is 0 Å². The Labute approximate surface area is 84.0 Å². The van der Waals surface area contributed by atoms with Crippen molar-refractivity contribution in [2.45, 2.75) is 26.3 Å². The van der Waals surface area contributed by atoms with Crippen LogP contribution in [0.3, 0.4) is 0 Å². The van der Waals surface area contributed by atoms with Gasteiger partial charge in [0.15, 0.2) is 0 Å². The molecule has 3 nitrogen and oxygen atoms in total. The smallest absolute Gasteiger partial charge is 0.238 e. The van der Waals surface area contributed by atoms with Crippen molar-refractivity contribution >= 4 is 17.7 Å². The van der Waals surface area contributed by atoms with Gasteiger partial charge in [0, 0.05) is 18.2 Å². The Morgan fingerprint density at radius 1 is 1.69 bits per heavy atom. The summed E-state index contributed by atoms with van der Waals surface area (Å²) in [6.07, 6.45) is 1.06. The summed E-state index contributed by atoms with van der Waals surface area (Å²) in [4.78, 5) is 11.4. The maximum absolute atomic E-state index is 11.4. The van der Waals surface area contributed by atoms with E-state index in [4.69, 9.17) is 0 Å². The minimum Gasteiger partial charge on any atom is -0.355 e. The van der Waals surface area contributed by atoms with Crippen LogP contribution in [0.15, 0.2) is 0 Å². The average molecular weight is 202 g/mol. The molecule has 1 rings (SSSR count). The van der Waals surface area contributed by atoms with Crippen LogP contribution in [-0.4, -0.2) is 30.1 Å². The molecule has 0 aromatic heterocycles. The fourth-order valence-corrected chi connectivity index (χ4v) is 2.11. The molecule has 0 radical (unpaired) electrons. The maximum Gasteiger partial charge on any atom is 0.238 e. The van der Waals surface area contributed by atoms with Gasteiger partial charge in [-0.1, -0.05) is 13.8 Å². The van der Waals surface area contributed by atoms with Gasteiger partial charge >= 0.3 is 0 Å². The van der Waals surface area contributed by atoms with Crippen LogP contribution in [0.25, 0.3) is 0 Å². The molecule has 0 aliphatic carbocycles. The van der Waals surface area contributed by atoms with Crippen molar-refractivity contribution in [2.75, 3.05) is 18.2 Å². The number of thioether (sulfide) groups is 1. The van der Waals surface area contributed by atoms with Crippen LogP contribution in [0.4, 0.5) is 0 Å². The third-order valence-corrected chi connectivity index (χ3v) is 2.99. The normalized spacial score (nSPS) is 22.2. The summed E-state index contributed by atoms with van der Waals surface area (Å²) >= 11 is 1.78. The molecule has 0 aromatic rings. The molecule has 1 fully saturated rings. The third kappa shape index (κ3) is 4.00. The van der Waals surface area contributed by atoms with Crippen molar-refractivity contribution in [3.8, 4) is 0 Å². The quantitative estimate of drug-likeness (QED) is 0.709. The molecule has 0 saturated carbocycles. The fourth-order valence-electron chi connectivity index (χ4n) is 1.17. The van der Waals surface area contributed by atoms with Gasteiger partial charge < -0.3 is 5.32 Å². The summed E-state index contributed by atoms with van der Waals surface area (Å²) < 4.78 is 0. The Kier molecular flexibility index (Phi) is 4.59. The number of nitrogens with one attached hydrogen (secondary N) is 2. The van der Waals surface area contributed by atoms with Gasteiger partial charge in [0.2, 0.25) is 5.91 Å². The molecule has 1 atom stereocenters. The molecule has 4 heteroatoms. The summed E-state index contributed by atoms with van der Waals surface area (Å²) in [5.41, 5.74) is 0. The van der Waals surface area contributed by atoms with E-state index in [1.54, 1.807) is 11.8 Å². The highest BCUT2D eigenvalue weighted by Crippen LogP contribution is 2.09. The van der Waals surface area contributed by atoms with Crippen molar-refractivity contribution < 1.29 is 4.79 Å². The number of carbonyl (C=O) groups excluding carboxylic acids is 1. The lowest BCUT2D eigenvalue weighted by molar-refractivity contribution is -0.122. The topological polar surface area (TPSA) is 41.1 Å². The molecule has 1 saturated heterocycles. The van der Waals surface area contributed by atoms with Crippen LogP contribution in [0.1, 0.15) is 20.3 Å². The predicted molar refractivity (Wildman–Crippen MR) is 56.7 cm³/mol. The van der Waals surface area contributed by atoms with Gasteiger partial charge in [0.05, 0.1) is 6.04 Å². The van der Waals surface area contributed by atoms with E-state index in [9.17, 15) is 4.79 Å². The Morgan fingerprint density at radius 2 is 2.46 bits per heavy atom. The second-order valence-corrected chi connectivity index (χ2v) is 4.78. The number of amides is 1. The van der Waals surface area contributed by atoms with E-state index in [1.165, 1.54) is 0 Å². The molecule has 1 aliphatic rings. The number of rotatable bonds is 4. The van der Waals surface area contributed by atoms with Crippen molar-refractivity contribution in [3.05, 3.63) is 0 Å². The van der Waals surface area contributed by atoms with Crippen molar-refractivity contribution in [1.82, 2.24) is 10.6 Å². The monoisotopic (exact) mass is 202 g/mol. The molecule has 1 amide bonds. The Hall–Kier alpha value is -0.220. The van der Waals surface area contributed by atoms with E-state index >= 15 is 0 Å². The first kappa shape index (κ1) is 10.9. The molecule has 13 heavy (non-hydrogen) atoms. The second-order valence-electron chi connectivity index (χ2n) is 3.75. The highest BCUT2D eigenvalue weighted by Gasteiger charge is 2.21. The Morgan fingerprint density at radius 3 is 3.00 bits per heavy atom. The van der Waals surface area contributed by atoms with Gasteiger partial charge in [-0.15, -0.1) is 11.8 Å². The summed E-state index contributed by atoms with van der Waals surface area (Å²) in [6.45, 7) is 5.13. The van der Waals surface area contributed by atoms with Crippen molar-refractivity contribution in [1.29, 1.82) is 0 Å². The second kappa shape index (κ2) is 5.50. The largest absolute Gasteiger partial charge is 0.355 e. The molecular formula is C9H18N2OS. The van der Waals surface area contributed by atoms with Gasteiger partial charge in [-0.25, -0.2) is 0 Å². The summed E-state index contributed by atoms with van der Waals surface area (Å²) in [6, 6.07) is 0.0390. The lowest BCUT2D eigenvalue weighted by Crippen LogP contribution is -2.42.